The van der Waals surface area contributed by atoms with Gasteiger partial charge in [0.1, 0.15) is 5.65 Å². The highest BCUT2D eigenvalue weighted by Crippen LogP contribution is 2.35. The van der Waals surface area contributed by atoms with E-state index < -0.39 is 16.8 Å². The van der Waals surface area contributed by atoms with Crippen LogP contribution < -0.4 is 17.0 Å². The SMILES string of the molecule is CCCn1c(=O)[nH]c(=O)c2cc(-c3nc(C4(N)CCCC4)no3)cnc21.Cl. The van der Waals surface area contributed by atoms with Gasteiger partial charge >= 0.3 is 5.69 Å². The molecule has 1 fully saturated rings. The van der Waals surface area contributed by atoms with Crippen LogP contribution in [0.5, 0.6) is 0 Å². The van der Waals surface area contributed by atoms with Gasteiger partial charge in [-0.2, -0.15) is 4.98 Å². The quantitative estimate of drug-likeness (QED) is 0.690. The second-order valence-electron chi connectivity index (χ2n) is 6.79. The predicted molar refractivity (Wildman–Crippen MR) is 102 cm³/mol. The van der Waals surface area contributed by atoms with Crippen molar-refractivity contribution >= 4 is 23.4 Å². The maximum atomic E-state index is 12.2. The van der Waals surface area contributed by atoms with E-state index >= 15 is 0 Å². The molecule has 3 aromatic heterocycles. The van der Waals surface area contributed by atoms with E-state index in [9.17, 15) is 9.59 Å². The molecule has 0 saturated heterocycles. The van der Waals surface area contributed by atoms with E-state index in [0.717, 1.165) is 32.1 Å². The monoisotopic (exact) mass is 392 g/mol. The molecule has 0 aliphatic heterocycles. The van der Waals surface area contributed by atoms with Crippen LogP contribution >= 0.6 is 12.4 Å². The minimum atomic E-state index is -0.550. The molecule has 1 saturated carbocycles. The highest BCUT2D eigenvalue weighted by atomic mass is 35.5. The summed E-state index contributed by atoms with van der Waals surface area (Å²) in [5.74, 6) is 0.744. The van der Waals surface area contributed by atoms with Gasteiger partial charge in [-0.1, -0.05) is 24.9 Å². The molecule has 3 aromatic rings. The molecule has 0 amide bonds. The van der Waals surface area contributed by atoms with Crippen molar-refractivity contribution in [3.05, 3.63) is 38.9 Å². The number of hydrogen-bond acceptors (Lipinski definition) is 7. The molecule has 144 valence electrons. The summed E-state index contributed by atoms with van der Waals surface area (Å²) in [7, 11) is 0. The fourth-order valence-corrected chi connectivity index (χ4v) is 3.49. The van der Waals surface area contributed by atoms with Crippen LogP contribution in [-0.4, -0.2) is 24.7 Å². The molecule has 0 spiro atoms. The number of nitrogens with two attached hydrogens (primary N) is 1. The number of hydrogen-bond donors (Lipinski definition) is 2. The molecule has 0 unspecified atom stereocenters. The lowest BCUT2D eigenvalue weighted by Gasteiger charge is -2.17. The normalized spacial score (nSPS) is 15.8. The highest BCUT2D eigenvalue weighted by Gasteiger charge is 2.36. The van der Waals surface area contributed by atoms with E-state index in [1.165, 1.54) is 10.8 Å². The molecule has 27 heavy (non-hydrogen) atoms. The molecule has 9 nitrogen and oxygen atoms in total. The molecule has 0 aromatic carbocycles. The van der Waals surface area contributed by atoms with Crippen LogP contribution in [0.15, 0.2) is 26.4 Å². The van der Waals surface area contributed by atoms with E-state index in [1.54, 1.807) is 6.07 Å². The number of aryl methyl sites for hydroxylation is 1. The topological polar surface area (TPSA) is 133 Å². The van der Waals surface area contributed by atoms with Crippen LogP contribution in [0.25, 0.3) is 22.5 Å². The number of fused-ring (bicyclic) bond motifs is 1. The standard InChI is InChI=1S/C17H20N6O3.ClH/c1-2-7-23-12-11(13(24)20-16(23)25)8-10(9-19-12)14-21-15(22-26-14)17(18)5-3-4-6-17;/h8-9H,2-7,18H2,1H3,(H,20,24,25);1H. The van der Waals surface area contributed by atoms with Gasteiger partial charge in [0.25, 0.3) is 11.4 Å². The van der Waals surface area contributed by atoms with Crippen molar-refractivity contribution in [1.82, 2.24) is 24.7 Å². The molecule has 1 aliphatic carbocycles. The van der Waals surface area contributed by atoms with E-state index in [1.807, 2.05) is 6.92 Å². The maximum Gasteiger partial charge on any atom is 0.329 e. The lowest BCUT2D eigenvalue weighted by molar-refractivity contribution is 0.372. The summed E-state index contributed by atoms with van der Waals surface area (Å²) >= 11 is 0. The van der Waals surface area contributed by atoms with Crippen LogP contribution in [0.3, 0.4) is 0 Å². The molecular formula is C17H21ClN6O3. The zero-order chi connectivity index (χ0) is 18.3. The highest BCUT2D eigenvalue weighted by molar-refractivity contribution is 5.85. The number of nitrogens with one attached hydrogen (secondary N) is 1. The molecule has 0 bridgehead atoms. The van der Waals surface area contributed by atoms with Crippen LogP contribution in [0.2, 0.25) is 0 Å². The van der Waals surface area contributed by atoms with Crippen molar-refractivity contribution in [3.8, 4) is 11.5 Å². The van der Waals surface area contributed by atoms with E-state index in [0.29, 0.717) is 29.0 Å². The summed E-state index contributed by atoms with van der Waals surface area (Å²) in [6, 6.07) is 1.61. The molecule has 3 N–H and O–H groups in total. The number of rotatable bonds is 4. The Labute approximate surface area is 160 Å². The third-order valence-corrected chi connectivity index (χ3v) is 4.89. The molecular weight excluding hydrogens is 372 g/mol. The van der Waals surface area contributed by atoms with Gasteiger partial charge in [0.15, 0.2) is 5.82 Å². The Hall–Kier alpha value is -2.52. The lowest BCUT2D eigenvalue weighted by atomic mass is 9.99. The Morgan fingerprint density at radius 3 is 2.78 bits per heavy atom. The van der Waals surface area contributed by atoms with Crippen molar-refractivity contribution in [3.63, 3.8) is 0 Å². The first-order valence-corrected chi connectivity index (χ1v) is 8.78. The number of halogens is 1. The van der Waals surface area contributed by atoms with Gasteiger partial charge in [-0.25, -0.2) is 9.78 Å². The molecule has 1 aliphatic rings. The van der Waals surface area contributed by atoms with Crippen molar-refractivity contribution in [1.29, 1.82) is 0 Å². The van der Waals surface area contributed by atoms with Crippen LogP contribution in [0.4, 0.5) is 0 Å². The van der Waals surface area contributed by atoms with Crippen LogP contribution in [-0.2, 0) is 12.1 Å². The minimum absolute atomic E-state index is 0. The van der Waals surface area contributed by atoms with Gasteiger partial charge < -0.3 is 10.3 Å². The van der Waals surface area contributed by atoms with Crippen molar-refractivity contribution in [2.45, 2.75) is 51.1 Å². The molecule has 4 rings (SSSR count). The van der Waals surface area contributed by atoms with Crippen LogP contribution in [0, 0.1) is 0 Å². The number of aromatic nitrogens is 5. The Bertz CT molecular complexity index is 1080. The molecule has 0 atom stereocenters. The summed E-state index contributed by atoms with van der Waals surface area (Å²) < 4.78 is 6.81. The minimum Gasteiger partial charge on any atom is -0.334 e. The first-order valence-electron chi connectivity index (χ1n) is 8.78. The average Bonchev–Trinajstić information content (AvgIpc) is 3.28. The number of nitrogens with zero attached hydrogens (tertiary/aromatic N) is 4. The number of H-pyrrole nitrogens is 1. The first-order chi connectivity index (χ1) is 12.5. The van der Waals surface area contributed by atoms with Crippen molar-refractivity contribution in [2.24, 2.45) is 5.73 Å². The molecule has 3 heterocycles. The Kier molecular flexibility index (Phi) is 5.16. The molecule has 0 radical (unpaired) electrons. The maximum absolute atomic E-state index is 12.2. The van der Waals surface area contributed by atoms with E-state index in [4.69, 9.17) is 10.3 Å². The second-order valence-corrected chi connectivity index (χ2v) is 6.79. The number of aromatic amines is 1. The Morgan fingerprint density at radius 2 is 2.07 bits per heavy atom. The zero-order valence-corrected chi connectivity index (χ0v) is 15.7. The fourth-order valence-electron chi connectivity index (χ4n) is 3.49. The fraction of sp³-hybridized carbons (Fsp3) is 0.471. The van der Waals surface area contributed by atoms with Crippen molar-refractivity contribution < 1.29 is 4.52 Å². The van der Waals surface area contributed by atoms with Gasteiger partial charge in [0.2, 0.25) is 0 Å². The lowest BCUT2D eigenvalue weighted by Crippen LogP contribution is -2.34. The van der Waals surface area contributed by atoms with Gasteiger partial charge in [0.05, 0.1) is 16.5 Å². The van der Waals surface area contributed by atoms with E-state index in [2.05, 4.69) is 20.1 Å². The van der Waals surface area contributed by atoms with Gasteiger partial charge in [-0.05, 0) is 25.3 Å². The van der Waals surface area contributed by atoms with Crippen LogP contribution in [0.1, 0.15) is 44.9 Å². The third-order valence-electron chi connectivity index (χ3n) is 4.89. The van der Waals surface area contributed by atoms with Gasteiger partial charge in [-0.3, -0.25) is 14.3 Å². The Balaban J connectivity index is 0.00000210. The van der Waals surface area contributed by atoms with Gasteiger partial charge in [-0.15, -0.1) is 12.4 Å². The smallest absolute Gasteiger partial charge is 0.329 e. The van der Waals surface area contributed by atoms with Gasteiger partial charge in [0, 0.05) is 12.7 Å². The second kappa shape index (κ2) is 7.24. The summed E-state index contributed by atoms with van der Waals surface area (Å²) in [5.41, 5.74) is 5.72. The number of pyridine rings is 1. The van der Waals surface area contributed by atoms with Crippen molar-refractivity contribution in [2.75, 3.05) is 0 Å². The summed E-state index contributed by atoms with van der Waals surface area (Å²) in [5, 5.41) is 4.33. The summed E-state index contributed by atoms with van der Waals surface area (Å²) in [6.07, 6.45) is 6.01. The average molecular weight is 393 g/mol. The molecule has 10 heteroatoms. The largest absolute Gasteiger partial charge is 0.334 e. The predicted octanol–water partition coefficient (Wildman–Crippen LogP) is 1.69. The summed E-state index contributed by atoms with van der Waals surface area (Å²) in [4.78, 5) is 35.3. The third kappa shape index (κ3) is 3.28. The first kappa shape index (κ1) is 19.2. The zero-order valence-electron chi connectivity index (χ0n) is 14.9. The van der Waals surface area contributed by atoms with E-state index in [-0.39, 0.29) is 18.3 Å². The Morgan fingerprint density at radius 1 is 1.33 bits per heavy atom. The summed E-state index contributed by atoms with van der Waals surface area (Å²) in [6.45, 7) is 2.42.